The minimum atomic E-state index is 0.806. The zero-order valence-electron chi connectivity index (χ0n) is 14.1. The first-order chi connectivity index (χ1) is 10.6. The van der Waals surface area contributed by atoms with Crippen LogP contribution < -0.4 is 0 Å². The van der Waals surface area contributed by atoms with Gasteiger partial charge in [-0.15, -0.1) is 0 Å². The highest BCUT2D eigenvalue weighted by Gasteiger charge is 2.04. The fourth-order valence-electron chi connectivity index (χ4n) is 2.62. The molecule has 0 aliphatic heterocycles. The average Bonchev–Trinajstić information content (AvgIpc) is 3.11. The highest BCUT2D eigenvalue weighted by molar-refractivity contribution is 5.20. The molecule has 22 heavy (non-hydrogen) atoms. The Bertz CT molecular complexity index is 558. The van der Waals surface area contributed by atoms with Gasteiger partial charge in [-0.3, -0.25) is 0 Å². The van der Waals surface area contributed by atoms with E-state index in [1.807, 2.05) is 12.3 Å². The van der Waals surface area contributed by atoms with Crippen molar-refractivity contribution in [2.75, 3.05) is 0 Å². The molecule has 2 aromatic rings. The highest BCUT2D eigenvalue weighted by atomic mass is 16.3. The molecule has 0 bridgehead atoms. The molecule has 0 saturated heterocycles. The molecule has 2 aromatic heterocycles. The first-order valence-corrected chi connectivity index (χ1v) is 8.36. The van der Waals surface area contributed by atoms with Crippen LogP contribution in [0, 0.1) is 5.92 Å². The van der Waals surface area contributed by atoms with E-state index in [1.54, 1.807) is 12.5 Å². The van der Waals surface area contributed by atoms with Gasteiger partial charge >= 0.3 is 0 Å². The summed E-state index contributed by atoms with van der Waals surface area (Å²) in [7, 11) is 0. The van der Waals surface area contributed by atoms with Gasteiger partial charge in [-0.2, -0.15) is 0 Å². The second-order valence-electron chi connectivity index (χ2n) is 6.60. The second kappa shape index (κ2) is 8.67. The molecule has 2 heterocycles. The summed E-state index contributed by atoms with van der Waals surface area (Å²) in [6, 6.07) is 4.14. The maximum Gasteiger partial charge on any atom is 0.108 e. The summed E-state index contributed by atoms with van der Waals surface area (Å²) >= 11 is 0. The third-order valence-corrected chi connectivity index (χ3v) is 3.94. The molecule has 0 atom stereocenters. The Morgan fingerprint density at radius 3 is 2.82 bits per heavy atom. The van der Waals surface area contributed by atoms with E-state index >= 15 is 0 Å². The Labute approximate surface area is 134 Å². The SMILES string of the molecule is C/C(=C\CCc1coc(Cc2ccoc2)c1)CCCC(C)C. The Kier molecular flexibility index (Phi) is 6.57. The fourth-order valence-corrected chi connectivity index (χ4v) is 2.62. The topological polar surface area (TPSA) is 26.3 Å². The summed E-state index contributed by atoms with van der Waals surface area (Å²) in [6.45, 7) is 6.83. The first kappa shape index (κ1) is 16.7. The molecule has 0 spiro atoms. The molecule has 0 aliphatic rings. The zero-order valence-corrected chi connectivity index (χ0v) is 14.1. The van der Waals surface area contributed by atoms with Gasteiger partial charge in [-0.25, -0.2) is 0 Å². The summed E-state index contributed by atoms with van der Waals surface area (Å²) in [6.07, 6.45) is 14.5. The van der Waals surface area contributed by atoms with E-state index in [2.05, 4.69) is 32.9 Å². The highest BCUT2D eigenvalue weighted by Crippen LogP contribution is 2.16. The normalized spacial score (nSPS) is 12.3. The van der Waals surface area contributed by atoms with Crippen LogP contribution in [0.4, 0.5) is 0 Å². The van der Waals surface area contributed by atoms with Crippen molar-refractivity contribution in [2.24, 2.45) is 5.92 Å². The van der Waals surface area contributed by atoms with Crippen LogP contribution in [0.5, 0.6) is 0 Å². The second-order valence-corrected chi connectivity index (χ2v) is 6.60. The number of aryl methyl sites for hydroxylation is 1. The molecule has 120 valence electrons. The molecule has 2 nitrogen and oxygen atoms in total. The third kappa shape index (κ3) is 5.97. The monoisotopic (exact) mass is 300 g/mol. The number of furan rings is 2. The first-order valence-electron chi connectivity index (χ1n) is 8.36. The lowest BCUT2D eigenvalue weighted by Crippen LogP contribution is -1.88. The van der Waals surface area contributed by atoms with Crippen molar-refractivity contribution >= 4 is 0 Å². The van der Waals surface area contributed by atoms with Crippen molar-refractivity contribution in [2.45, 2.75) is 59.3 Å². The van der Waals surface area contributed by atoms with E-state index in [9.17, 15) is 0 Å². The summed E-state index contributed by atoms with van der Waals surface area (Å²) in [5, 5.41) is 0. The molecule has 0 fully saturated rings. The number of rotatable bonds is 9. The lowest BCUT2D eigenvalue weighted by atomic mass is 10.0. The lowest BCUT2D eigenvalue weighted by Gasteiger charge is -2.04. The van der Waals surface area contributed by atoms with Gasteiger partial charge in [0.25, 0.3) is 0 Å². The van der Waals surface area contributed by atoms with Crippen LogP contribution in [-0.2, 0) is 12.8 Å². The zero-order chi connectivity index (χ0) is 15.8. The van der Waals surface area contributed by atoms with E-state index < -0.39 is 0 Å². The van der Waals surface area contributed by atoms with Crippen LogP contribution in [0.15, 0.2) is 51.4 Å². The molecular formula is C20H28O2. The van der Waals surface area contributed by atoms with Crippen LogP contribution in [0.3, 0.4) is 0 Å². The Balaban J connectivity index is 1.71. The minimum absolute atomic E-state index is 0.806. The maximum absolute atomic E-state index is 5.62. The van der Waals surface area contributed by atoms with Crippen LogP contribution in [0.25, 0.3) is 0 Å². The molecular weight excluding hydrogens is 272 g/mol. The van der Waals surface area contributed by atoms with Crippen molar-refractivity contribution < 1.29 is 8.83 Å². The average molecular weight is 300 g/mol. The fraction of sp³-hybridized carbons (Fsp3) is 0.500. The third-order valence-electron chi connectivity index (χ3n) is 3.94. The molecule has 0 N–H and O–H groups in total. The van der Waals surface area contributed by atoms with Gasteiger partial charge in [-0.05, 0) is 61.8 Å². The number of allylic oxidation sites excluding steroid dienone is 2. The van der Waals surface area contributed by atoms with Crippen molar-refractivity contribution in [1.29, 1.82) is 0 Å². The predicted molar refractivity (Wildman–Crippen MR) is 91.0 cm³/mol. The number of hydrogen-bond donors (Lipinski definition) is 0. The molecule has 2 heteroatoms. The molecule has 0 aromatic carbocycles. The van der Waals surface area contributed by atoms with Crippen LogP contribution in [0.1, 0.15) is 63.3 Å². The summed E-state index contributed by atoms with van der Waals surface area (Å²) in [4.78, 5) is 0. The molecule has 0 aliphatic carbocycles. The number of hydrogen-bond acceptors (Lipinski definition) is 2. The molecule has 0 radical (unpaired) electrons. The summed E-state index contributed by atoms with van der Waals surface area (Å²) < 4.78 is 10.7. The van der Waals surface area contributed by atoms with E-state index in [0.717, 1.165) is 36.5 Å². The minimum Gasteiger partial charge on any atom is -0.472 e. The predicted octanol–water partition coefficient (Wildman–Crippen LogP) is 6.17. The van der Waals surface area contributed by atoms with E-state index in [4.69, 9.17) is 8.83 Å². The van der Waals surface area contributed by atoms with Gasteiger partial charge in [0.1, 0.15) is 5.76 Å². The van der Waals surface area contributed by atoms with Crippen LogP contribution >= 0.6 is 0 Å². The quantitative estimate of drug-likeness (QED) is 0.518. The summed E-state index contributed by atoms with van der Waals surface area (Å²) in [5.74, 6) is 1.82. The molecule has 0 unspecified atom stereocenters. The smallest absolute Gasteiger partial charge is 0.108 e. The Morgan fingerprint density at radius 2 is 2.09 bits per heavy atom. The van der Waals surface area contributed by atoms with Crippen LogP contribution in [0.2, 0.25) is 0 Å². The summed E-state index contributed by atoms with van der Waals surface area (Å²) in [5.41, 5.74) is 3.95. The van der Waals surface area contributed by atoms with Gasteiger partial charge in [0.15, 0.2) is 0 Å². The van der Waals surface area contributed by atoms with Crippen LogP contribution in [-0.4, -0.2) is 0 Å². The Morgan fingerprint density at radius 1 is 1.23 bits per heavy atom. The lowest BCUT2D eigenvalue weighted by molar-refractivity contribution is 0.515. The standard InChI is InChI=1S/C20H28O2/c1-16(2)6-4-7-17(3)8-5-9-18-12-20(22-15-18)13-19-10-11-21-14-19/h8,10-12,14-16H,4-7,9,13H2,1-3H3/b17-8+. The van der Waals surface area contributed by atoms with Gasteiger partial charge in [0.05, 0.1) is 18.8 Å². The molecule has 0 amide bonds. The Hall–Kier alpha value is -1.70. The van der Waals surface area contributed by atoms with Gasteiger partial charge in [0, 0.05) is 6.42 Å². The van der Waals surface area contributed by atoms with Gasteiger partial charge in [-0.1, -0.05) is 31.9 Å². The van der Waals surface area contributed by atoms with E-state index in [-0.39, 0.29) is 0 Å². The van der Waals surface area contributed by atoms with Crippen molar-refractivity contribution in [1.82, 2.24) is 0 Å². The van der Waals surface area contributed by atoms with Crippen molar-refractivity contribution in [3.05, 3.63) is 59.5 Å². The molecule has 2 rings (SSSR count). The van der Waals surface area contributed by atoms with E-state index in [0.29, 0.717) is 0 Å². The van der Waals surface area contributed by atoms with Crippen molar-refractivity contribution in [3.8, 4) is 0 Å². The molecule has 0 saturated carbocycles. The van der Waals surface area contributed by atoms with Gasteiger partial charge in [0.2, 0.25) is 0 Å². The van der Waals surface area contributed by atoms with Gasteiger partial charge < -0.3 is 8.83 Å². The van der Waals surface area contributed by atoms with Crippen molar-refractivity contribution in [3.63, 3.8) is 0 Å². The van der Waals surface area contributed by atoms with E-state index in [1.165, 1.54) is 30.4 Å². The largest absolute Gasteiger partial charge is 0.472 e. The maximum atomic E-state index is 5.62.